The van der Waals surface area contributed by atoms with Gasteiger partial charge in [0.1, 0.15) is 0 Å². The van der Waals surface area contributed by atoms with Crippen LogP contribution < -0.4 is 5.73 Å². The number of unbranched alkanes of at least 4 members (excludes halogenated alkanes) is 30. The molecule has 4 heteroatoms. The maximum absolute atomic E-state index is 12.7. The van der Waals surface area contributed by atoms with Gasteiger partial charge in [-0.15, -0.1) is 0 Å². The quantitative estimate of drug-likeness (QED) is 0.0561. The molecule has 2 N–H and O–H groups in total. The van der Waals surface area contributed by atoms with Crippen molar-refractivity contribution in [1.29, 1.82) is 0 Å². The van der Waals surface area contributed by atoms with Gasteiger partial charge >= 0.3 is 0 Å². The SMILES string of the molecule is CCCCCCCCCCCCCCCCCCN(CCCCCCCCCCCCCCCCCC)C(=O)C=CC(N)=O. The summed E-state index contributed by atoms with van der Waals surface area (Å²) in [7, 11) is 0. The molecule has 0 aliphatic carbocycles. The number of nitrogens with zero attached hydrogens (tertiary/aromatic N) is 1. The third kappa shape index (κ3) is 33.6. The molecule has 0 fully saturated rings. The molecule has 0 radical (unpaired) electrons. The van der Waals surface area contributed by atoms with E-state index < -0.39 is 5.91 Å². The second-order valence-corrected chi connectivity index (χ2v) is 13.7. The molecule has 0 rings (SSSR count). The van der Waals surface area contributed by atoms with E-state index in [2.05, 4.69) is 13.8 Å². The van der Waals surface area contributed by atoms with Gasteiger partial charge in [-0.2, -0.15) is 0 Å². The van der Waals surface area contributed by atoms with Gasteiger partial charge in [-0.25, -0.2) is 0 Å². The summed E-state index contributed by atoms with van der Waals surface area (Å²) in [4.78, 5) is 25.7. The highest BCUT2D eigenvalue weighted by Gasteiger charge is 2.10. The van der Waals surface area contributed by atoms with E-state index in [1.54, 1.807) is 0 Å². The number of hydrogen-bond acceptors (Lipinski definition) is 2. The van der Waals surface area contributed by atoms with Crippen LogP contribution in [0.25, 0.3) is 0 Å². The predicted molar refractivity (Wildman–Crippen MR) is 194 cm³/mol. The number of hydrogen-bond donors (Lipinski definition) is 1. The van der Waals surface area contributed by atoms with Crippen LogP contribution in [0.15, 0.2) is 12.2 Å². The van der Waals surface area contributed by atoms with E-state index in [9.17, 15) is 9.59 Å². The second kappa shape index (κ2) is 36.2. The fourth-order valence-electron chi connectivity index (χ4n) is 6.29. The summed E-state index contributed by atoms with van der Waals surface area (Å²) in [6.45, 7) is 6.15. The predicted octanol–water partition coefficient (Wildman–Crippen LogP) is 12.4. The number of nitrogens with two attached hydrogens (primary N) is 1. The first-order valence-electron chi connectivity index (χ1n) is 19.9. The highest BCUT2D eigenvalue weighted by Crippen LogP contribution is 2.16. The van der Waals surface area contributed by atoms with Gasteiger partial charge in [0.05, 0.1) is 0 Å². The minimum absolute atomic E-state index is 0.0641. The molecule has 44 heavy (non-hydrogen) atoms. The Bertz CT molecular complexity index is 597. The van der Waals surface area contributed by atoms with Crippen LogP contribution >= 0.6 is 0 Å². The van der Waals surface area contributed by atoms with E-state index in [0.717, 1.165) is 25.9 Å². The zero-order valence-electron chi connectivity index (χ0n) is 30.0. The number of carbonyl (C=O) groups is 2. The first kappa shape index (κ1) is 42.7. The standard InChI is InChI=1S/C40H78N2O2/c1-3-5-7-9-11-13-15-17-19-21-23-25-27-29-31-33-37-42(40(44)36-35-39(41)43)38-34-32-30-28-26-24-22-20-18-16-14-12-10-8-6-4-2/h35-36H,3-34,37-38H2,1-2H3,(H2,41,43). The molecule has 0 spiro atoms. The summed E-state index contributed by atoms with van der Waals surface area (Å²) in [5.41, 5.74) is 5.22. The molecule has 0 aromatic carbocycles. The Morgan fingerprint density at radius 3 is 0.841 bits per heavy atom. The maximum Gasteiger partial charge on any atom is 0.246 e. The summed E-state index contributed by atoms with van der Waals surface area (Å²) < 4.78 is 0. The molecule has 0 heterocycles. The molecule has 0 bridgehead atoms. The third-order valence-electron chi connectivity index (χ3n) is 9.27. The molecule has 0 aliphatic heterocycles. The van der Waals surface area contributed by atoms with Crippen LogP contribution in [-0.4, -0.2) is 29.8 Å². The smallest absolute Gasteiger partial charge is 0.246 e. The Morgan fingerprint density at radius 1 is 0.386 bits per heavy atom. The summed E-state index contributed by atoms with van der Waals surface area (Å²) in [6, 6.07) is 0. The lowest BCUT2D eigenvalue weighted by atomic mass is 10.0. The fraction of sp³-hybridized carbons (Fsp3) is 0.900. The molecule has 0 aliphatic rings. The first-order valence-corrected chi connectivity index (χ1v) is 19.9. The summed E-state index contributed by atoms with van der Waals surface area (Å²) in [5, 5.41) is 0. The maximum atomic E-state index is 12.7. The third-order valence-corrected chi connectivity index (χ3v) is 9.27. The van der Waals surface area contributed by atoms with Gasteiger partial charge in [0.2, 0.25) is 11.8 Å². The Kier molecular flexibility index (Phi) is 35.1. The molecule has 2 amide bonds. The average molecular weight is 619 g/mol. The van der Waals surface area contributed by atoms with E-state index in [4.69, 9.17) is 5.73 Å². The molecule has 0 aromatic heterocycles. The molecular formula is C40H78N2O2. The van der Waals surface area contributed by atoms with Gasteiger partial charge in [-0.1, -0.05) is 206 Å². The van der Waals surface area contributed by atoms with Crippen LogP contribution in [0.2, 0.25) is 0 Å². The second-order valence-electron chi connectivity index (χ2n) is 13.7. The van der Waals surface area contributed by atoms with Gasteiger partial charge in [-0.3, -0.25) is 9.59 Å². The summed E-state index contributed by atoms with van der Waals surface area (Å²) >= 11 is 0. The van der Waals surface area contributed by atoms with Crippen molar-refractivity contribution in [2.45, 2.75) is 219 Å². The van der Waals surface area contributed by atoms with Crippen LogP contribution in [0, 0.1) is 0 Å². The van der Waals surface area contributed by atoms with E-state index in [-0.39, 0.29) is 5.91 Å². The Labute approximate surface area is 276 Å². The minimum Gasteiger partial charge on any atom is -0.366 e. The van der Waals surface area contributed by atoms with Gasteiger partial charge in [0.25, 0.3) is 0 Å². The molecule has 0 saturated carbocycles. The lowest BCUT2D eigenvalue weighted by Gasteiger charge is -2.21. The molecule has 0 unspecified atom stereocenters. The lowest BCUT2D eigenvalue weighted by Crippen LogP contribution is -2.32. The number of amides is 2. The number of primary amides is 1. The Balaban J connectivity index is 3.78. The van der Waals surface area contributed by atoms with Crippen molar-refractivity contribution in [2.75, 3.05) is 13.1 Å². The number of rotatable bonds is 36. The van der Waals surface area contributed by atoms with Crippen molar-refractivity contribution in [3.8, 4) is 0 Å². The molecule has 0 aromatic rings. The van der Waals surface area contributed by atoms with E-state index >= 15 is 0 Å². The molecule has 260 valence electrons. The minimum atomic E-state index is -0.553. The zero-order valence-corrected chi connectivity index (χ0v) is 30.0. The topological polar surface area (TPSA) is 63.4 Å². The van der Waals surface area contributed by atoms with Gasteiger partial charge in [0, 0.05) is 25.2 Å². The van der Waals surface area contributed by atoms with E-state index in [1.165, 1.54) is 205 Å². The Morgan fingerprint density at radius 2 is 0.614 bits per heavy atom. The Hall–Kier alpha value is -1.32. The highest BCUT2D eigenvalue weighted by atomic mass is 16.2. The van der Waals surface area contributed by atoms with Crippen molar-refractivity contribution in [2.24, 2.45) is 5.73 Å². The van der Waals surface area contributed by atoms with Crippen molar-refractivity contribution in [3.63, 3.8) is 0 Å². The largest absolute Gasteiger partial charge is 0.366 e. The van der Waals surface area contributed by atoms with Crippen LogP contribution in [-0.2, 0) is 9.59 Å². The average Bonchev–Trinajstić information content (AvgIpc) is 3.02. The highest BCUT2D eigenvalue weighted by molar-refractivity contribution is 5.95. The monoisotopic (exact) mass is 619 g/mol. The summed E-state index contributed by atoms with van der Waals surface area (Å²) in [5.74, 6) is -0.617. The van der Waals surface area contributed by atoms with Gasteiger partial charge in [0.15, 0.2) is 0 Å². The van der Waals surface area contributed by atoms with E-state index in [0.29, 0.717) is 0 Å². The number of carbonyl (C=O) groups excluding carboxylic acids is 2. The van der Waals surface area contributed by atoms with Crippen molar-refractivity contribution >= 4 is 11.8 Å². The van der Waals surface area contributed by atoms with Crippen LogP contribution in [0.3, 0.4) is 0 Å². The van der Waals surface area contributed by atoms with Crippen LogP contribution in [0.1, 0.15) is 219 Å². The summed E-state index contributed by atoms with van der Waals surface area (Å²) in [6.07, 6.45) is 45.8. The molecular weight excluding hydrogens is 540 g/mol. The molecule has 4 nitrogen and oxygen atoms in total. The fourth-order valence-corrected chi connectivity index (χ4v) is 6.29. The van der Waals surface area contributed by atoms with Crippen molar-refractivity contribution in [3.05, 3.63) is 12.2 Å². The molecule has 0 atom stereocenters. The van der Waals surface area contributed by atoms with Gasteiger partial charge in [-0.05, 0) is 12.8 Å². The van der Waals surface area contributed by atoms with Crippen LogP contribution in [0.4, 0.5) is 0 Å². The van der Waals surface area contributed by atoms with Crippen LogP contribution in [0.5, 0.6) is 0 Å². The molecule has 0 saturated heterocycles. The van der Waals surface area contributed by atoms with Crippen molar-refractivity contribution in [1.82, 2.24) is 4.90 Å². The van der Waals surface area contributed by atoms with Gasteiger partial charge < -0.3 is 10.6 Å². The van der Waals surface area contributed by atoms with E-state index in [1.807, 2.05) is 4.90 Å². The van der Waals surface area contributed by atoms with Crippen molar-refractivity contribution < 1.29 is 9.59 Å². The zero-order chi connectivity index (χ0) is 32.2. The lowest BCUT2D eigenvalue weighted by molar-refractivity contribution is -0.126. The first-order chi connectivity index (χ1) is 21.6. The normalized spacial score (nSPS) is 11.5.